The maximum Gasteiger partial charge on any atom is 0.236 e. The van der Waals surface area contributed by atoms with Crippen LogP contribution in [-0.2, 0) is 6.54 Å². The summed E-state index contributed by atoms with van der Waals surface area (Å²) in [4.78, 5) is 12.4. The molecule has 3 aromatic heterocycles. The summed E-state index contributed by atoms with van der Waals surface area (Å²) in [5.74, 6) is 2.38. The van der Waals surface area contributed by atoms with Crippen LogP contribution in [0.5, 0.6) is 0 Å². The van der Waals surface area contributed by atoms with Crippen LogP contribution in [0.4, 0.5) is 0 Å². The molecule has 0 bridgehead atoms. The van der Waals surface area contributed by atoms with Gasteiger partial charge >= 0.3 is 0 Å². The number of halogens is 1. The Labute approximate surface area is 191 Å². The highest BCUT2D eigenvalue weighted by Gasteiger charge is 2.25. The van der Waals surface area contributed by atoms with Crippen LogP contribution in [-0.4, -0.2) is 42.5 Å². The Morgan fingerprint density at radius 2 is 2.10 bits per heavy atom. The third-order valence-electron chi connectivity index (χ3n) is 4.86. The quantitative estimate of drug-likeness (QED) is 0.274. The first kappa shape index (κ1) is 21.8. The van der Waals surface area contributed by atoms with Gasteiger partial charge in [0.1, 0.15) is 12.0 Å². The molecule has 1 unspecified atom stereocenters. The molecule has 3 aromatic rings. The molecule has 1 saturated heterocycles. The van der Waals surface area contributed by atoms with E-state index < -0.39 is 0 Å². The molecule has 9 heteroatoms. The van der Waals surface area contributed by atoms with E-state index in [2.05, 4.69) is 25.5 Å². The Kier molecular flexibility index (Phi) is 8.13. The van der Waals surface area contributed by atoms with Crippen molar-refractivity contribution in [1.29, 1.82) is 0 Å². The Hall–Kier alpha value is -1.85. The SMILES string of the molecule is CN=C(NCc1coc(-c2cccs2)n1)NCC(c1ccco1)N1CCCC1.I. The van der Waals surface area contributed by atoms with Crippen molar-refractivity contribution < 1.29 is 8.83 Å². The monoisotopic (exact) mass is 527 g/mol. The van der Waals surface area contributed by atoms with Crippen molar-refractivity contribution in [2.75, 3.05) is 26.7 Å². The van der Waals surface area contributed by atoms with E-state index in [0.29, 0.717) is 12.4 Å². The van der Waals surface area contributed by atoms with Gasteiger partial charge < -0.3 is 19.5 Å². The van der Waals surface area contributed by atoms with Crippen LogP contribution >= 0.6 is 35.3 Å². The van der Waals surface area contributed by atoms with E-state index in [0.717, 1.165) is 41.9 Å². The molecular weight excluding hydrogens is 501 g/mol. The van der Waals surface area contributed by atoms with Crippen LogP contribution in [0.3, 0.4) is 0 Å². The average Bonchev–Trinajstić information content (AvgIpc) is 3.51. The fourth-order valence-electron chi connectivity index (χ4n) is 3.43. The second-order valence-electron chi connectivity index (χ2n) is 6.70. The molecule has 0 aromatic carbocycles. The number of aromatic nitrogens is 1. The number of thiophene rings is 1. The highest BCUT2D eigenvalue weighted by molar-refractivity contribution is 14.0. The van der Waals surface area contributed by atoms with Gasteiger partial charge in [0.05, 0.1) is 29.4 Å². The molecule has 0 aliphatic carbocycles. The molecule has 1 atom stereocenters. The van der Waals surface area contributed by atoms with Gasteiger partial charge in [0.15, 0.2) is 5.96 Å². The van der Waals surface area contributed by atoms with Crippen molar-refractivity contribution in [2.24, 2.45) is 4.99 Å². The zero-order valence-corrected chi connectivity index (χ0v) is 19.5. The summed E-state index contributed by atoms with van der Waals surface area (Å²) in [6, 6.07) is 8.18. The molecule has 4 rings (SSSR count). The number of likely N-dealkylation sites (tertiary alicyclic amines) is 1. The summed E-state index contributed by atoms with van der Waals surface area (Å²) >= 11 is 1.61. The predicted molar refractivity (Wildman–Crippen MR) is 126 cm³/mol. The zero-order valence-electron chi connectivity index (χ0n) is 16.3. The third-order valence-corrected chi connectivity index (χ3v) is 5.72. The standard InChI is InChI=1S/C20H25N5O2S.HI/c1-21-20(22-12-15-14-27-19(24-15)18-7-5-11-28-18)23-13-16(17-6-4-10-26-17)25-8-2-3-9-25;/h4-7,10-11,14,16H,2-3,8-9,12-13H2,1H3,(H2,21,22,23);1H. The van der Waals surface area contributed by atoms with Gasteiger partial charge in [-0.3, -0.25) is 9.89 Å². The second kappa shape index (κ2) is 10.8. The Bertz CT molecular complexity index is 873. The topological polar surface area (TPSA) is 78.8 Å². The summed E-state index contributed by atoms with van der Waals surface area (Å²) < 4.78 is 11.2. The normalized spacial score (nSPS) is 15.8. The number of oxazole rings is 1. The Balaban J connectivity index is 0.00000240. The molecule has 0 saturated carbocycles. The van der Waals surface area contributed by atoms with E-state index in [1.807, 2.05) is 29.6 Å². The minimum Gasteiger partial charge on any atom is -0.468 e. The van der Waals surface area contributed by atoms with E-state index in [4.69, 9.17) is 8.83 Å². The molecule has 0 radical (unpaired) electrons. The van der Waals surface area contributed by atoms with E-state index in [9.17, 15) is 0 Å². The number of guanidine groups is 1. The second-order valence-corrected chi connectivity index (χ2v) is 7.65. The maximum atomic E-state index is 5.68. The number of rotatable bonds is 7. The first-order chi connectivity index (χ1) is 13.8. The van der Waals surface area contributed by atoms with Crippen LogP contribution in [0.1, 0.15) is 30.3 Å². The van der Waals surface area contributed by atoms with Gasteiger partial charge in [-0.2, -0.15) is 0 Å². The lowest BCUT2D eigenvalue weighted by Gasteiger charge is -2.26. The van der Waals surface area contributed by atoms with Crippen molar-refractivity contribution in [3.63, 3.8) is 0 Å². The zero-order chi connectivity index (χ0) is 19.2. The molecular formula is C20H26IN5O2S. The van der Waals surface area contributed by atoms with E-state index in [-0.39, 0.29) is 30.0 Å². The molecule has 0 spiro atoms. The molecule has 0 amide bonds. The van der Waals surface area contributed by atoms with Crippen molar-refractivity contribution in [2.45, 2.75) is 25.4 Å². The summed E-state index contributed by atoms with van der Waals surface area (Å²) in [6.45, 7) is 3.48. The van der Waals surface area contributed by atoms with Gasteiger partial charge in [-0.25, -0.2) is 4.98 Å². The van der Waals surface area contributed by atoms with Crippen LogP contribution in [0, 0.1) is 0 Å². The summed E-state index contributed by atoms with van der Waals surface area (Å²) in [6.07, 6.45) is 5.90. The number of hydrogen-bond donors (Lipinski definition) is 2. The largest absolute Gasteiger partial charge is 0.468 e. The number of nitrogens with one attached hydrogen (secondary N) is 2. The van der Waals surface area contributed by atoms with Crippen molar-refractivity contribution in [1.82, 2.24) is 20.5 Å². The summed E-state index contributed by atoms with van der Waals surface area (Å²) in [5.41, 5.74) is 0.841. The molecule has 7 nitrogen and oxygen atoms in total. The number of nitrogens with zero attached hydrogens (tertiary/aromatic N) is 3. The maximum absolute atomic E-state index is 5.68. The van der Waals surface area contributed by atoms with Gasteiger partial charge in [-0.05, 0) is 49.5 Å². The van der Waals surface area contributed by atoms with Gasteiger partial charge in [0.25, 0.3) is 0 Å². The summed E-state index contributed by atoms with van der Waals surface area (Å²) in [5, 5.41) is 8.74. The van der Waals surface area contributed by atoms with Crippen molar-refractivity contribution in [3.8, 4) is 10.8 Å². The number of aliphatic imine (C=N–C) groups is 1. The fourth-order valence-corrected chi connectivity index (χ4v) is 4.09. The highest BCUT2D eigenvalue weighted by Crippen LogP contribution is 2.25. The van der Waals surface area contributed by atoms with Crippen molar-refractivity contribution >= 4 is 41.3 Å². The molecule has 4 heterocycles. The molecule has 156 valence electrons. The molecule has 2 N–H and O–H groups in total. The number of hydrogen-bond acceptors (Lipinski definition) is 6. The Morgan fingerprint density at radius 3 is 2.79 bits per heavy atom. The Morgan fingerprint density at radius 1 is 1.24 bits per heavy atom. The van der Waals surface area contributed by atoms with Crippen molar-refractivity contribution in [3.05, 3.63) is 53.6 Å². The van der Waals surface area contributed by atoms with E-state index in [1.54, 1.807) is 30.9 Å². The molecule has 1 aliphatic rings. The lowest BCUT2D eigenvalue weighted by atomic mass is 10.2. The predicted octanol–water partition coefficient (Wildman–Crippen LogP) is 4.12. The lowest BCUT2D eigenvalue weighted by molar-refractivity contribution is 0.215. The number of furan rings is 1. The fraction of sp³-hybridized carbons (Fsp3) is 0.400. The first-order valence-corrected chi connectivity index (χ1v) is 10.4. The van der Waals surface area contributed by atoms with Gasteiger partial charge in [-0.1, -0.05) is 6.07 Å². The minimum atomic E-state index is 0. The van der Waals surface area contributed by atoms with Gasteiger partial charge in [-0.15, -0.1) is 35.3 Å². The van der Waals surface area contributed by atoms with Gasteiger partial charge in [0.2, 0.25) is 5.89 Å². The highest BCUT2D eigenvalue weighted by atomic mass is 127. The summed E-state index contributed by atoms with van der Waals surface area (Å²) in [7, 11) is 1.77. The average molecular weight is 527 g/mol. The third kappa shape index (κ3) is 5.61. The van der Waals surface area contributed by atoms with Crippen LogP contribution in [0.15, 0.2) is 56.0 Å². The lowest BCUT2D eigenvalue weighted by Crippen LogP contribution is -2.42. The smallest absolute Gasteiger partial charge is 0.236 e. The minimum absolute atomic E-state index is 0. The molecule has 1 fully saturated rings. The van der Waals surface area contributed by atoms with E-state index >= 15 is 0 Å². The van der Waals surface area contributed by atoms with Crippen LogP contribution < -0.4 is 10.6 Å². The molecule has 1 aliphatic heterocycles. The first-order valence-electron chi connectivity index (χ1n) is 9.54. The van der Waals surface area contributed by atoms with Crippen LogP contribution in [0.25, 0.3) is 10.8 Å². The van der Waals surface area contributed by atoms with E-state index in [1.165, 1.54) is 12.8 Å². The van der Waals surface area contributed by atoms with Gasteiger partial charge in [0, 0.05) is 13.6 Å². The van der Waals surface area contributed by atoms with Crippen LogP contribution in [0.2, 0.25) is 0 Å². The molecule has 29 heavy (non-hydrogen) atoms.